The van der Waals surface area contributed by atoms with Gasteiger partial charge in [0.05, 0.1) is 0 Å². The SMILES string of the molecule is CNc1cc(SC)nn1C. The van der Waals surface area contributed by atoms with Gasteiger partial charge in [0, 0.05) is 20.2 Å². The fourth-order valence-electron chi connectivity index (χ4n) is 0.775. The Kier molecular flexibility index (Phi) is 2.21. The molecular formula is C6H11N3S. The molecule has 0 fully saturated rings. The van der Waals surface area contributed by atoms with E-state index in [9.17, 15) is 0 Å². The van der Waals surface area contributed by atoms with E-state index in [0.717, 1.165) is 10.8 Å². The minimum Gasteiger partial charge on any atom is -0.373 e. The summed E-state index contributed by atoms with van der Waals surface area (Å²) in [6.07, 6.45) is 2.02. The van der Waals surface area contributed by atoms with E-state index < -0.39 is 0 Å². The molecule has 0 unspecified atom stereocenters. The Balaban J connectivity index is 2.92. The maximum Gasteiger partial charge on any atom is 0.124 e. The highest BCUT2D eigenvalue weighted by Crippen LogP contribution is 2.16. The molecule has 3 nitrogen and oxygen atoms in total. The summed E-state index contributed by atoms with van der Waals surface area (Å²) in [4.78, 5) is 0. The quantitative estimate of drug-likeness (QED) is 0.654. The number of anilines is 1. The number of hydrogen-bond acceptors (Lipinski definition) is 3. The molecule has 0 saturated heterocycles. The van der Waals surface area contributed by atoms with Crippen molar-refractivity contribution in [1.29, 1.82) is 0 Å². The molecular weight excluding hydrogens is 146 g/mol. The lowest BCUT2D eigenvalue weighted by molar-refractivity contribution is 0.744. The molecule has 0 saturated carbocycles. The predicted molar refractivity (Wildman–Crippen MR) is 44.5 cm³/mol. The van der Waals surface area contributed by atoms with Gasteiger partial charge in [0.1, 0.15) is 10.8 Å². The third-order valence-corrected chi connectivity index (χ3v) is 1.94. The molecule has 56 valence electrons. The van der Waals surface area contributed by atoms with E-state index in [1.165, 1.54) is 0 Å². The lowest BCUT2D eigenvalue weighted by Gasteiger charge is -1.95. The molecule has 1 aromatic rings. The number of aromatic nitrogens is 2. The molecule has 1 rings (SSSR count). The highest BCUT2D eigenvalue weighted by Gasteiger charge is 1.99. The number of hydrogen-bond donors (Lipinski definition) is 1. The maximum atomic E-state index is 4.22. The van der Waals surface area contributed by atoms with Crippen LogP contribution in [0.4, 0.5) is 5.82 Å². The zero-order valence-corrected chi connectivity index (χ0v) is 7.20. The lowest BCUT2D eigenvalue weighted by atomic mass is 10.6. The summed E-state index contributed by atoms with van der Waals surface area (Å²) in [5.74, 6) is 1.05. The van der Waals surface area contributed by atoms with Crippen LogP contribution in [0.15, 0.2) is 11.1 Å². The van der Waals surface area contributed by atoms with Crippen LogP contribution >= 0.6 is 11.8 Å². The van der Waals surface area contributed by atoms with Gasteiger partial charge in [-0.25, -0.2) is 0 Å². The zero-order valence-electron chi connectivity index (χ0n) is 6.38. The monoisotopic (exact) mass is 157 g/mol. The number of thioether (sulfide) groups is 1. The van der Waals surface area contributed by atoms with Crippen molar-refractivity contribution >= 4 is 17.6 Å². The molecule has 0 aromatic carbocycles. The number of aryl methyl sites for hydroxylation is 1. The van der Waals surface area contributed by atoms with E-state index in [1.54, 1.807) is 11.8 Å². The number of rotatable bonds is 2. The van der Waals surface area contributed by atoms with E-state index >= 15 is 0 Å². The molecule has 0 radical (unpaired) electrons. The fraction of sp³-hybridized carbons (Fsp3) is 0.500. The van der Waals surface area contributed by atoms with Crippen molar-refractivity contribution in [2.24, 2.45) is 7.05 Å². The molecule has 1 aromatic heterocycles. The first-order valence-electron chi connectivity index (χ1n) is 3.03. The van der Waals surface area contributed by atoms with E-state index in [2.05, 4.69) is 10.4 Å². The van der Waals surface area contributed by atoms with E-state index in [0.29, 0.717) is 0 Å². The largest absolute Gasteiger partial charge is 0.373 e. The molecule has 1 N–H and O–H groups in total. The van der Waals surface area contributed by atoms with Crippen LogP contribution < -0.4 is 5.32 Å². The van der Waals surface area contributed by atoms with Crippen molar-refractivity contribution in [2.75, 3.05) is 18.6 Å². The second-order valence-electron chi connectivity index (χ2n) is 1.95. The molecule has 4 heteroatoms. The van der Waals surface area contributed by atoms with Gasteiger partial charge in [-0.15, -0.1) is 11.8 Å². The van der Waals surface area contributed by atoms with Gasteiger partial charge >= 0.3 is 0 Å². The number of nitrogens with one attached hydrogen (secondary N) is 1. The van der Waals surface area contributed by atoms with E-state index in [4.69, 9.17) is 0 Å². The fourth-order valence-corrected chi connectivity index (χ4v) is 1.21. The van der Waals surface area contributed by atoms with Crippen LogP contribution in [0.5, 0.6) is 0 Å². The summed E-state index contributed by atoms with van der Waals surface area (Å²) in [5.41, 5.74) is 0. The van der Waals surface area contributed by atoms with Crippen LogP contribution in [0.3, 0.4) is 0 Å². The molecule has 0 bridgehead atoms. The molecule has 0 aliphatic rings. The topological polar surface area (TPSA) is 29.9 Å². The third kappa shape index (κ3) is 1.26. The Labute approximate surface area is 64.8 Å². The summed E-state index contributed by atoms with van der Waals surface area (Å²) < 4.78 is 1.83. The lowest BCUT2D eigenvalue weighted by Crippen LogP contribution is -1.97. The summed E-state index contributed by atoms with van der Waals surface area (Å²) in [6, 6.07) is 2.02. The molecule has 0 amide bonds. The first-order valence-corrected chi connectivity index (χ1v) is 4.26. The van der Waals surface area contributed by atoms with Crippen molar-refractivity contribution in [3.05, 3.63) is 6.07 Å². The predicted octanol–water partition coefficient (Wildman–Crippen LogP) is 1.18. The van der Waals surface area contributed by atoms with Gasteiger partial charge in [-0.3, -0.25) is 4.68 Å². The van der Waals surface area contributed by atoms with Crippen molar-refractivity contribution < 1.29 is 0 Å². The first kappa shape index (κ1) is 7.47. The molecule has 0 aliphatic carbocycles. The Bertz CT molecular complexity index is 219. The maximum absolute atomic E-state index is 4.22. The normalized spacial score (nSPS) is 9.90. The summed E-state index contributed by atoms with van der Waals surface area (Å²) in [6.45, 7) is 0. The van der Waals surface area contributed by atoms with Crippen molar-refractivity contribution in [3.8, 4) is 0 Å². The first-order chi connectivity index (χ1) is 4.77. The van der Waals surface area contributed by atoms with Gasteiger partial charge in [-0.1, -0.05) is 0 Å². The van der Waals surface area contributed by atoms with E-state index in [1.807, 2.05) is 31.1 Å². The molecule has 10 heavy (non-hydrogen) atoms. The van der Waals surface area contributed by atoms with Crippen molar-refractivity contribution in [2.45, 2.75) is 5.03 Å². The van der Waals surface area contributed by atoms with Gasteiger partial charge in [-0.05, 0) is 6.26 Å². The Morgan fingerprint density at radius 3 is 2.70 bits per heavy atom. The molecule has 0 atom stereocenters. The summed E-state index contributed by atoms with van der Waals surface area (Å²) in [5, 5.41) is 8.30. The third-order valence-electron chi connectivity index (χ3n) is 1.32. The standard InChI is InChI=1S/C6H11N3S/c1-7-5-4-6(10-3)8-9(5)2/h4,7H,1-3H3. The minimum atomic E-state index is 1.05. The second kappa shape index (κ2) is 2.96. The Hall–Kier alpha value is -0.640. The van der Waals surface area contributed by atoms with Crippen molar-refractivity contribution in [3.63, 3.8) is 0 Å². The van der Waals surface area contributed by atoms with Crippen LogP contribution in [-0.4, -0.2) is 23.1 Å². The Morgan fingerprint density at radius 2 is 2.40 bits per heavy atom. The zero-order chi connectivity index (χ0) is 7.56. The summed E-state index contributed by atoms with van der Waals surface area (Å²) >= 11 is 1.65. The van der Waals surface area contributed by atoms with Gasteiger partial charge in [0.2, 0.25) is 0 Å². The molecule has 0 spiro atoms. The average Bonchev–Trinajstić information content (AvgIpc) is 2.30. The van der Waals surface area contributed by atoms with Gasteiger partial charge in [-0.2, -0.15) is 5.10 Å². The van der Waals surface area contributed by atoms with Crippen LogP contribution in [0.1, 0.15) is 0 Å². The van der Waals surface area contributed by atoms with Crippen LogP contribution in [0, 0.1) is 0 Å². The highest BCUT2D eigenvalue weighted by molar-refractivity contribution is 7.98. The number of nitrogens with zero attached hydrogens (tertiary/aromatic N) is 2. The smallest absolute Gasteiger partial charge is 0.124 e. The highest BCUT2D eigenvalue weighted by atomic mass is 32.2. The van der Waals surface area contributed by atoms with Crippen LogP contribution in [0.25, 0.3) is 0 Å². The van der Waals surface area contributed by atoms with Gasteiger partial charge < -0.3 is 5.32 Å². The van der Waals surface area contributed by atoms with Crippen molar-refractivity contribution in [1.82, 2.24) is 9.78 Å². The second-order valence-corrected chi connectivity index (χ2v) is 2.77. The minimum absolute atomic E-state index is 1.05. The van der Waals surface area contributed by atoms with Crippen LogP contribution in [0.2, 0.25) is 0 Å². The Morgan fingerprint density at radius 1 is 1.70 bits per heavy atom. The summed E-state index contributed by atoms with van der Waals surface area (Å²) in [7, 11) is 3.81. The van der Waals surface area contributed by atoms with Crippen LogP contribution in [-0.2, 0) is 7.05 Å². The molecule has 1 heterocycles. The van der Waals surface area contributed by atoms with Gasteiger partial charge in [0.25, 0.3) is 0 Å². The van der Waals surface area contributed by atoms with Gasteiger partial charge in [0.15, 0.2) is 0 Å². The van der Waals surface area contributed by atoms with E-state index in [-0.39, 0.29) is 0 Å². The average molecular weight is 157 g/mol. The molecule has 0 aliphatic heterocycles.